The quantitative estimate of drug-likeness (QED) is 0.723. The monoisotopic (exact) mass is 389 g/mol. The maximum atomic E-state index is 13.8. The van der Waals surface area contributed by atoms with Crippen LogP contribution in [0, 0.1) is 5.82 Å². The Bertz CT molecular complexity index is 732. The summed E-state index contributed by atoms with van der Waals surface area (Å²) in [6, 6.07) is 4.59. The first kappa shape index (κ1) is 20.3. The van der Waals surface area contributed by atoms with E-state index in [0.717, 1.165) is 38.9 Å². The van der Waals surface area contributed by atoms with Gasteiger partial charge in [0.1, 0.15) is 0 Å². The molecule has 0 aromatic heterocycles. The van der Waals surface area contributed by atoms with Gasteiger partial charge in [-0.15, -0.1) is 0 Å². The van der Waals surface area contributed by atoms with E-state index in [1.165, 1.54) is 19.3 Å². The van der Waals surface area contributed by atoms with E-state index >= 15 is 0 Å². The molecule has 0 aliphatic carbocycles. The maximum absolute atomic E-state index is 13.8. The highest BCUT2D eigenvalue weighted by Gasteiger charge is 2.23. The molecule has 2 aliphatic rings. The number of hydrogen-bond donors (Lipinski definition) is 0. The molecule has 152 valence electrons. The molecule has 0 bridgehead atoms. The second-order valence-corrected chi connectivity index (χ2v) is 7.27. The third-order valence-electron chi connectivity index (χ3n) is 5.31. The summed E-state index contributed by atoms with van der Waals surface area (Å²) >= 11 is 0. The molecule has 0 spiro atoms. The Morgan fingerprint density at radius 2 is 1.79 bits per heavy atom. The minimum atomic E-state index is -0.454. The van der Waals surface area contributed by atoms with Gasteiger partial charge in [-0.2, -0.15) is 0 Å². The van der Waals surface area contributed by atoms with Crippen molar-refractivity contribution in [2.75, 3.05) is 52.9 Å². The van der Waals surface area contributed by atoms with E-state index in [0.29, 0.717) is 31.7 Å². The summed E-state index contributed by atoms with van der Waals surface area (Å²) in [6.45, 7) is 4.93. The van der Waals surface area contributed by atoms with Crippen molar-refractivity contribution in [3.05, 3.63) is 35.7 Å². The molecule has 0 atom stereocenters. The lowest BCUT2D eigenvalue weighted by atomic mass is 10.2. The number of halogens is 1. The Morgan fingerprint density at radius 1 is 1.04 bits per heavy atom. The molecule has 0 radical (unpaired) electrons. The predicted octanol–water partition coefficient (Wildman–Crippen LogP) is 2.00. The first-order valence-electron chi connectivity index (χ1n) is 9.87. The molecule has 2 heterocycles. The van der Waals surface area contributed by atoms with Crippen molar-refractivity contribution in [2.24, 2.45) is 0 Å². The van der Waals surface area contributed by atoms with Crippen molar-refractivity contribution in [1.82, 2.24) is 14.7 Å². The van der Waals surface area contributed by atoms with Crippen molar-refractivity contribution < 1.29 is 18.7 Å². The number of hydrogen-bond acceptors (Lipinski definition) is 4. The molecule has 2 saturated heterocycles. The van der Waals surface area contributed by atoms with E-state index in [4.69, 9.17) is 4.74 Å². The van der Waals surface area contributed by atoms with E-state index < -0.39 is 5.82 Å². The zero-order valence-electron chi connectivity index (χ0n) is 16.4. The molecule has 1 aromatic carbocycles. The number of carbonyl (C=O) groups is 2. The van der Waals surface area contributed by atoms with E-state index in [2.05, 4.69) is 4.90 Å². The Kier molecular flexibility index (Phi) is 7.03. The summed E-state index contributed by atoms with van der Waals surface area (Å²) in [7, 11) is 1.42. The average molecular weight is 389 g/mol. The Labute approximate surface area is 165 Å². The number of amides is 2. The molecule has 2 fully saturated rings. The van der Waals surface area contributed by atoms with Crippen LogP contribution < -0.4 is 4.74 Å². The SMILES string of the molecule is COc1ccc(C=CC(=O)N2CCCN(CC(=O)N3CCCC3)CC2)cc1F. The van der Waals surface area contributed by atoms with Crippen LogP contribution >= 0.6 is 0 Å². The van der Waals surface area contributed by atoms with E-state index in [-0.39, 0.29) is 17.6 Å². The summed E-state index contributed by atoms with van der Waals surface area (Å²) in [5.41, 5.74) is 0.610. The lowest BCUT2D eigenvalue weighted by Gasteiger charge is -2.23. The summed E-state index contributed by atoms with van der Waals surface area (Å²) in [5, 5.41) is 0. The third-order valence-corrected chi connectivity index (χ3v) is 5.31. The van der Waals surface area contributed by atoms with Gasteiger partial charge < -0.3 is 14.5 Å². The van der Waals surface area contributed by atoms with Gasteiger partial charge in [0.05, 0.1) is 13.7 Å². The smallest absolute Gasteiger partial charge is 0.246 e. The Morgan fingerprint density at radius 3 is 2.50 bits per heavy atom. The van der Waals surface area contributed by atoms with E-state index in [9.17, 15) is 14.0 Å². The van der Waals surface area contributed by atoms with Gasteiger partial charge >= 0.3 is 0 Å². The number of rotatable bonds is 5. The van der Waals surface area contributed by atoms with Gasteiger partial charge in [-0.25, -0.2) is 4.39 Å². The number of carbonyl (C=O) groups excluding carboxylic acids is 2. The normalized spacial score (nSPS) is 18.5. The van der Waals surface area contributed by atoms with Gasteiger partial charge in [-0.3, -0.25) is 14.5 Å². The minimum Gasteiger partial charge on any atom is -0.494 e. The fraction of sp³-hybridized carbons (Fsp3) is 0.524. The number of likely N-dealkylation sites (tertiary alicyclic amines) is 1. The van der Waals surface area contributed by atoms with Crippen LogP contribution in [-0.2, 0) is 9.59 Å². The van der Waals surface area contributed by atoms with Crippen LogP contribution in [0.1, 0.15) is 24.8 Å². The van der Waals surface area contributed by atoms with Crippen LogP contribution in [0.15, 0.2) is 24.3 Å². The zero-order chi connectivity index (χ0) is 19.9. The minimum absolute atomic E-state index is 0.0936. The fourth-order valence-electron chi connectivity index (χ4n) is 3.67. The molecular weight excluding hydrogens is 361 g/mol. The summed E-state index contributed by atoms with van der Waals surface area (Å²) in [6.07, 6.45) is 6.12. The topological polar surface area (TPSA) is 53.1 Å². The highest BCUT2D eigenvalue weighted by Crippen LogP contribution is 2.18. The second kappa shape index (κ2) is 9.68. The molecule has 7 heteroatoms. The number of ether oxygens (including phenoxy) is 1. The Balaban J connectivity index is 1.51. The molecular formula is C21H28FN3O3. The predicted molar refractivity (Wildman–Crippen MR) is 105 cm³/mol. The molecule has 0 N–H and O–H groups in total. The highest BCUT2D eigenvalue weighted by molar-refractivity contribution is 5.91. The van der Waals surface area contributed by atoms with Crippen LogP contribution in [0.25, 0.3) is 6.08 Å². The van der Waals surface area contributed by atoms with Crippen LogP contribution in [0.5, 0.6) is 5.75 Å². The van der Waals surface area contributed by atoms with E-state index in [1.807, 2.05) is 4.90 Å². The van der Waals surface area contributed by atoms with Crippen molar-refractivity contribution in [3.8, 4) is 5.75 Å². The molecule has 2 amide bonds. The van der Waals surface area contributed by atoms with Gasteiger partial charge in [-0.1, -0.05) is 6.07 Å². The van der Waals surface area contributed by atoms with Crippen molar-refractivity contribution >= 4 is 17.9 Å². The molecule has 2 aliphatic heterocycles. The van der Waals surface area contributed by atoms with Crippen LogP contribution in [-0.4, -0.2) is 79.4 Å². The average Bonchev–Trinajstić information content (AvgIpc) is 3.14. The van der Waals surface area contributed by atoms with Gasteiger partial charge in [0, 0.05) is 45.3 Å². The van der Waals surface area contributed by atoms with Crippen LogP contribution in [0.2, 0.25) is 0 Å². The van der Waals surface area contributed by atoms with Crippen molar-refractivity contribution in [3.63, 3.8) is 0 Å². The first-order valence-corrected chi connectivity index (χ1v) is 9.87. The third kappa shape index (κ3) is 5.32. The van der Waals surface area contributed by atoms with Gasteiger partial charge in [0.15, 0.2) is 11.6 Å². The fourth-order valence-corrected chi connectivity index (χ4v) is 3.67. The second-order valence-electron chi connectivity index (χ2n) is 7.27. The van der Waals surface area contributed by atoms with Crippen molar-refractivity contribution in [2.45, 2.75) is 19.3 Å². The lowest BCUT2D eigenvalue weighted by Crippen LogP contribution is -2.41. The molecule has 0 unspecified atom stereocenters. The molecule has 0 saturated carbocycles. The highest BCUT2D eigenvalue weighted by atomic mass is 19.1. The van der Waals surface area contributed by atoms with Crippen LogP contribution in [0.3, 0.4) is 0 Å². The molecule has 1 aromatic rings. The summed E-state index contributed by atoms with van der Waals surface area (Å²) in [4.78, 5) is 30.7. The van der Waals surface area contributed by atoms with Gasteiger partial charge in [0.2, 0.25) is 11.8 Å². The van der Waals surface area contributed by atoms with Crippen LogP contribution in [0.4, 0.5) is 4.39 Å². The first-order chi connectivity index (χ1) is 13.6. The number of nitrogens with zero attached hydrogens (tertiary/aromatic N) is 3. The largest absolute Gasteiger partial charge is 0.494 e. The summed E-state index contributed by atoms with van der Waals surface area (Å²) in [5.74, 6) is -0.174. The maximum Gasteiger partial charge on any atom is 0.246 e. The molecule has 3 rings (SSSR count). The standard InChI is InChI=1S/C21H28FN3O3/c1-28-19-7-5-17(15-18(19)22)6-8-20(26)25-12-4-9-23(13-14-25)16-21(27)24-10-2-3-11-24/h5-8,15H,2-4,9-14,16H2,1H3. The zero-order valence-corrected chi connectivity index (χ0v) is 16.4. The van der Waals surface area contributed by atoms with E-state index in [1.54, 1.807) is 23.1 Å². The van der Waals surface area contributed by atoms with Gasteiger partial charge in [-0.05, 0) is 43.0 Å². The van der Waals surface area contributed by atoms with Gasteiger partial charge in [0.25, 0.3) is 0 Å². The number of benzene rings is 1. The Hall–Kier alpha value is -2.41. The number of methoxy groups -OCH3 is 1. The lowest BCUT2D eigenvalue weighted by molar-refractivity contribution is -0.131. The van der Waals surface area contributed by atoms with Crippen molar-refractivity contribution in [1.29, 1.82) is 0 Å². The molecule has 28 heavy (non-hydrogen) atoms. The molecule has 6 nitrogen and oxygen atoms in total. The summed E-state index contributed by atoms with van der Waals surface area (Å²) < 4.78 is 18.7.